The quantitative estimate of drug-likeness (QED) is 0.612. The minimum absolute atomic E-state index is 0.0646. The van der Waals surface area contributed by atoms with Gasteiger partial charge in [-0.2, -0.15) is 0 Å². The molecule has 0 saturated carbocycles. The van der Waals surface area contributed by atoms with Crippen LogP contribution in [0.1, 0.15) is 59.6 Å². The van der Waals surface area contributed by atoms with E-state index in [1.54, 1.807) is 17.3 Å². The Bertz CT molecular complexity index is 780. The molecule has 0 aromatic carbocycles. The normalized spacial score (nSPS) is 21.1. The van der Waals surface area contributed by atoms with Crippen molar-refractivity contribution >= 4 is 30.3 Å². The fraction of sp³-hybridized carbons (Fsp3) is 0.700. The van der Waals surface area contributed by atoms with Crippen LogP contribution < -0.4 is 5.43 Å². The molecule has 0 spiro atoms. The summed E-state index contributed by atoms with van der Waals surface area (Å²) in [6.07, 6.45) is 3.30. The maximum Gasteiger partial charge on any atom is 0.410 e. The van der Waals surface area contributed by atoms with Gasteiger partial charge in [0.2, 0.25) is 5.43 Å². The number of H-pyrrole nitrogens is 1. The first-order valence-electron chi connectivity index (χ1n) is 9.66. The summed E-state index contributed by atoms with van der Waals surface area (Å²) in [6, 6.07) is -0.383. The lowest BCUT2D eigenvalue weighted by molar-refractivity contribution is 0.0208. The molecule has 1 aromatic rings. The third-order valence-corrected chi connectivity index (χ3v) is 10.6. The van der Waals surface area contributed by atoms with Crippen LogP contribution in [0.15, 0.2) is 21.7 Å². The number of aromatic amines is 1. The van der Waals surface area contributed by atoms with Crippen LogP contribution in [0.5, 0.6) is 0 Å². The average Bonchev–Trinajstić information content (AvgIpc) is 2.90. The Morgan fingerprint density at radius 1 is 1.21 bits per heavy atom. The van der Waals surface area contributed by atoms with Crippen molar-refractivity contribution in [2.24, 2.45) is 0 Å². The summed E-state index contributed by atoms with van der Waals surface area (Å²) in [6.45, 7) is 16.9. The third-order valence-electron chi connectivity index (χ3n) is 5.45. The molecule has 1 fully saturated rings. The van der Waals surface area contributed by atoms with E-state index in [0.717, 1.165) is 0 Å². The van der Waals surface area contributed by atoms with Crippen LogP contribution in [-0.2, 0) is 9.16 Å². The minimum atomic E-state index is -2.01. The van der Waals surface area contributed by atoms with Gasteiger partial charge < -0.3 is 14.1 Å². The van der Waals surface area contributed by atoms with Gasteiger partial charge in [0.15, 0.2) is 8.32 Å². The third kappa shape index (κ3) is 5.27. The Morgan fingerprint density at radius 3 is 2.36 bits per heavy atom. The van der Waals surface area contributed by atoms with Crippen molar-refractivity contribution in [3.8, 4) is 0 Å². The number of hydrogen-bond acceptors (Lipinski definition) is 4. The number of pyridine rings is 1. The SMILES string of the molecule is CC(C)(C)OC(=O)N1CC(O[Si](C)(C)C(C)(C)C)CC1c1c[nH]cc(Br)c1=O. The van der Waals surface area contributed by atoms with Crippen LogP contribution in [0.3, 0.4) is 0 Å². The van der Waals surface area contributed by atoms with Gasteiger partial charge >= 0.3 is 6.09 Å². The summed E-state index contributed by atoms with van der Waals surface area (Å²) in [7, 11) is -2.01. The first-order valence-corrected chi connectivity index (χ1v) is 13.4. The van der Waals surface area contributed by atoms with Gasteiger partial charge in [-0.3, -0.25) is 9.69 Å². The Hall–Kier alpha value is -1.12. The van der Waals surface area contributed by atoms with Gasteiger partial charge in [-0.25, -0.2) is 4.79 Å². The van der Waals surface area contributed by atoms with Gasteiger partial charge in [0.25, 0.3) is 0 Å². The molecule has 1 aliphatic rings. The highest BCUT2D eigenvalue weighted by Crippen LogP contribution is 2.41. The maximum absolute atomic E-state index is 12.9. The molecule has 158 valence electrons. The molecule has 1 aromatic heterocycles. The molecule has 2 heterocycles. The van der Waals surface area contributed by atoms with E-state index in [0.29, 0.717) is 23.0 Å². The van der Waals surface area contributed by atoms with Crippen LogP contribution >= 0.6 is 15.9 Å². The summed E-state index contributed by atoms with van der Waals surface area (Å²) in [5.74, 6) is 0. The molecule has 2 rings (SSSR count). The Balaban J connectivity index is 2.35. The Kier molecular flexibility index (Phi) is 6.58. The molecule has 0 bridgehead atoms. The van der Waals surface area contributed by atoms with Crippen molar-refractivity contribution in [1.82, 2.24) is 9.88 Å². The monoisotopic (exact) mass is 472 g/mol. The second-order valence-electron chi connectivity index (χ2n) is 9.97. The average molecular weight is 473 g/mol. The van der Waals surface area contributed by atoms with E-state index in [1.165, 1.54) is 0 Å². The van der Waals surface area contributed by atoms with Gasteiger partial charge in [0.1, 0.15) is 5.60 Å². The zero-order valence-electron chi connectivity index (χ0n) is 18.2. The van der Waals surface area contributed by atoms with Crippen LogP contribution in [0, 0.1) is 0 Å². The van der Waals surface area contributed by atoms with E-state index >= 15 is 0 Å². The van der Waals surface area contributed by atoms with Crippen LogP contribution in [-0.4, -0.2) is 42.5 Å². The predicted molar refractivity (Wildman–Crippen MR) is 117 cm³/mol. The van der Waals surface area contributed by atoms with E-state index in [-0.39, 0.29) is 22.6 Å². The standard InChI is InChI=1S/C20H33BrN2O4Si/c1-19(2,3)26-18(25)23-12-13(27-28(7,8)20(4,5)6)9-16(23)14-10-22-11-15(21)17(14)24/h10-11,13,16H,9,12H2,1-8H3,(H,22,24). The van der Waals surface area contributed by atoms with E-state index < -0.39 is 20.0 Å². The molecule has 8 heteroatoms. The number of halogens is 1. The van der Waals surface area contributed by atoms with Crippen molar-refractivity contribution in [2.75, 3.05) is 6.54 Å². The second-order valence-corrected chi connectivity index (χ2v) is 15.6. The molecule has 2 unspecified atom stereocenters. The van der Waals surface area contributed by atoms with Gasteiger partial charge in [-0.05, 0) is 61.3 Å². The Labute approximate surface area is 177 Å². The number of rotatable bonds is 3. The molecule has 1 saturated heterocycles. The number of hydrogen-bond donors (Lipinski definition) is 1. The molecule has 1 amide bonds. The highest BCUT2D eigenvalue weighted by atomic mass is 79.9. The van der Waals surface area contributed by atoms with Crippen molar-refractivity contribution in [1.29, 1.82) is 0 Å². The van der Waals surface area contributed by atoms with Crippen molar-refractivity contribution in [3.63, 3.8) is 0 Å². The smallest absolute Gasteiger partial charge is 0.410 e. The maximum atomic E-state index is 12.9. The molecule has 28 heavy (non-hydrogen) atoms. The van der Waals surface area contributed by atoms with Crippen LogP contribution in [0.25, 0.3) is 0 Å². The number of carbonyl (C=O) groups excluding carboxylic acids is 1. The number of carbonyl (C=O) groups is 1. The van der Waals surface area contributed by atoms with E-state index in [2.05, 4.69) is 54.8 Å². The van der Waals surface area contributed by atoms with Gasteiger partial charge in [-0.15, -0.1) is 0 Å². The highest BCUT2D eigenvalue weighted by molar-refractivity contribution is 9.10. The number of likely N-dealkylation sites (tertiary alicyclic amines) is 1. The number of nitrogens with one attached hydrogen (secondary N) is 1. The highest BCUT2D eigenvalue weighted by Gasteiger charge is 2.45. The summed E-state index contributed by atoms with van der Waals surface area (Å²) < 4.78 is 12.6. The molecule has 2 atom stereocenters. The Morgan fingerprint density at radius 2 is 1.82 bits per heavy atom. The molecule has 6 nitrogen and oxygen atoms in total. The minimum Gasteiger partial charge on any atom is -0.444 e. The lowest BCUT2D eigenvalue weighted by Crippen LogP contribution is -2.45. The zero-order valence-corrected chi connectivity index (χ0v) is 20.8. The lowest BCUT2D eigenvalue weighted by Gasteiger charge is -2.38. The summed E-state index contributed by atoms with van der Waals surface area (Å²) in [5, 5.41) is 0.0646. The lowest BCUT2D eigenvalue weighted by atomic mass is 10.1. The molecule has 0 radical (unpaired) electrons. The molecular weight excluding hydrogens is 440 g/mol. The molecule has 0 aliphatic carbocycles. The molecule has 1 aliphatic heterocycles. The largest absolute Gasteiger partial charge is 0.444 e. The van der Waals surface area contributed by atoms with Gasteiger partial charge in [0.05, 0.1) is 16.6 Å². The van der Waals surface area contributed by atoms with Crippen LogP contribution in [0.4, 0.5) is 4.79 Å². The number of aromatic nitrogens is 1. The van der Waals surface area contributed by atoms with Gasteiger partial charge in [-0.1, -0.05) is 20.8 Å². The zero-order chi connectivity index (χ0) is 21.5. The molecular formula is C20H33BrN2O4Si. The second kappa shape index (κ2) is 7.95. The van der Waals surface area contributed by atoms with E-state index in [4.69, 9.17) is 9.16 Å². The van der Waals surface area contributed by atoms with Gasteiger partial charge in [0, 0.05) is 24.5 Å². The van der Waals surface area contributed by atoms with Crippen molar-refractivity contribution in [2.45, 2.75) is 83.8 Å². The predicted octanol–water partition coefficient (Wildman–Crippen LogP) is 5.21. The summed E-state index contributed by atoms with van der Waals surface area (Å²) in [5.41, 5.74) is -0.184. The summed E-state index contributed by atoms with van der Waals surface area (Å²) >= 11 is 3.29. The van der Waals surface area contributed by atoms with Crippen LogP contribution in [0.2, 0.25) is 18.1 Å². The number of ether oxygens (including phenoxy) is 1. The molecule has 1 N–H and O–H groups in total. The number of nitrogens with zero attached hydrogens (tertiary/aromatic N) is 1. The van der Waals surface area contributed by atoms with E-state index in [1.807, 2.05) is 20.8 Å². The summed E-state index contributed by atoms with van der Waals surface area (Å²) in [4.78, 5) is 30.2. The van der Waals surface area contributed by atoms with Crippen molar-refractivity contribution in [3.05, 3.63) is 32.7 Å². The fourth-order valence-corrected chi connectivity index (χ4v) is 4.73. The fourth-order valence-electron chi connectivity index (χ4n) is 3.01. The first kappa shape index (κ1) is 23.2. The topological polar surface area (TPSA) is 71.6 Å². The van der Waals surface area contributed by atoms with E-state index in [9.17, 15) is 9.59 Å². The first-order chi connectivity index (χ1) is 12.6. The number of amides is 1. The van der Waals surface area contributed by atoms with Crippen molar-refractivity contribution < 1.29 is 14.0 Å².